The molecule has 1 aromatic carbocycles. The van der Waals surface area contributed by atoms with Crippen LogP contribution in [0.1, 0.15) is 55.6 Å². The average molecular weight is 579 g/mol. The highest BCUT2D eigenvalue weighted by Gasteiger charge is 2.18. The average Bonchev–Trinajstić information content (AvgIpc) is 3.37. The molecule has 2 rings (SSSR count). The Morgan fingerprint density at radius 3 is 2.25 bits per heavy atom. The van der Waals surface area contributed by atoms with E-state index >= 15 is 0 Å². The van der Waals surface area contributed by atoms with Crippen molar-refractivity contribution >= 4 is 50.8 Å². The van der Waals surface area contributed by atoms with E-state index in [1.165, 1.54) is 29.7 Å². The van der Waals surface area contributed by atoms with Crippen LogP contribution in [0.25, 0.3) is 10.6 Å². The van der Waals surface area contributed by atoms with E-state index in [1.54, 1.807) is 12.3 Å². The van der Waals surface area contributed by atoms with Crippen molar-refractivity contribution in [3.8, 4) is 10.6 Å². The van der Waals surface area contributed by atoms with Gasteiger partial charge in [0.15, 0.2) is 0 Å². The van der Waals surface area contributed by atoms with Gasteiger partial charge in [-0.1, -0.05) is 66.7 Å². The third-order valence-corrected chi connectivity index (χ3v) is 6.20. The van der Waals surface area contributed by atoms with Crippen LogP contribution in [0.2, 0.25) is 0 Å². The van der Waals surface area contributed by atoms with Gasteiger partial charge in [0.25, 0.3) is 11.8 Å². The number of ketones is 1. The van der Waals surface area contributed by atoms with Gasteiger partial charge in [-0.25, -0.2) is 9.78 Å². The molecule has 0 aliphatic rings. The van der Waals surface area contributed by atoms with Crippen LogP contribution in [0.15, 0.2) is 54.2 Å². The number of rotatable bonds is 12. The van der Waals surface area contributed by atoms with E-state index in [2.05, 4.69) is 56.4 Å². The molecule has 0 fully saturated rings. The topological polar surface area (TPSA) is 114 Å². The van der Waals surface area contributed by atoms with Gasteiger partial charge in [0.05, 0.1) is 12.8 Å². The zero-order valence-corrected chi connectivity index (χ0v) is 23.2. The van der Waals surface area contributed by atoms with E-state index in [4.69, 9.17) is 0 Å². The number of carbonyl (C=O) groups is 4. The van der Waals surface area contributed by atoms with Crippen LogP contribution < -0.4 is 10.6 Å². The minimum atomic E-state index is -0.791. The zero-order chi connectivity index (χ0) is 27.1. The molecule has 0 aliphatic carbocycles. The van der Waals surface area contributed by atoms with E-state index in [9.17, 15) is 19.2 Å². The maximum Gasteiger partial charge on any atom is 0.353 e. The molecule has 0 spiro atoms. The number of benzene rings is 1. The summed E-state index contributed by atoms with van der Waals surface area (Å²) < 4.78 is 4.42. The summed E-state index contributed by atoms with van der Waals surface area (Å²) in [4.78, 5) is 50.1. The Hall–Kier alpha value is -3.11. The standard InChI is InChI=1S/C19H19N3O4S.C7H13BrO/c1-5-13-6-8-14(9-7-13)18-22-15(10-27-18)17(24)20-11(2)16(23)21-12(3)19(25)26-4;1-7(9)5-3-2-4-6-8/h6-10H,2-3,5H2,1,4H3,(H,20,24)(H,21,23);2-6H2,1H3. The summed E-state index contributed by atoms with van der Waals surface area (Å²) in [6, 6.07) is 7.92. The quantitative estimate of drug-likeness (QED) is 0.160. The van der Waals surface area contributed by atoms with Gasteiger partial charge in [-0.15, -0.1) is 11.3 Å². The summed E-state index contributed by atoms with van der Waals surface area (Å²) in [5.74, 6) is -1.83. The molecule has 10 heteroatoms. The summed E-state index contributed by atoms with van der Waals surface area (Å²) in [5.41, 5.74) is 1.78. The molecule has 2 amide bonds. The Morgan fingerprint density at radius 1 is 1.03 bits per heavy atom. The fourth-order valence-electron chi connectivity index (χ4n) is 2.68. The maximum atomic E-state index is 12.3. The normalized spacial score (nSPS) is 9.89. The first-order valence-corrected chi connectivity index (χ1v) is 13.3. The number of alkyl halides is 1. The Morgan fingerprint density at radius 2 is 1.69 bits per heavy atom. The van der Waals surface area contributed by atoms with Crippen molar-refractivity contribution in [2.24, 2.45) is 0 Å². The number of ether oxygens (including phenoxy) is 1. The molecule has 0 bridgehead atoms. The minimum Gasteiger partial charge on any atom is -0.464 e. The van der Waals surface area contributed by atoms with Gasteiger partial charge in [-0.05, 0) is 31.7 Å². The number of hydrogen-bond acceptors (Lipinski definition) is 7. The van der Waals surface area contributed by atoms with Crippen molar-refractivity contribution in [2.45, 2.75) is 46.0 Å². The number of methoxy groups -OCH3 is 1. The smallest absolute Gasteiger partial charge is 0.353 e. The van der Waals surface area contributed by atoms with Gasteiger partial charge in [0.1, 0.15) is 22.2 Å². The highest BCUT2D eigenvalue weighted by molar-refractivity contribution is 9.09. The molecular weight excluding hydrogens is 546 g/mol. The number of amides is 2. The van der Waals surface area contributed by atoms with E-state index in [1.807, 2.05) is 24.3 Å². The van der Waals surface area contributed by atoms with Crippen molar-refractivity contribution in [1.29, 1.82) is 0 Å². The van der Waals surface area contributed by atoms with Gasteiger partial charge < -0.3 is 20.2 Å². The molecule has 0 unspecified atom stereocenters. The van der Waals surface area contributed by atoms with Crippen molar-refractivity contribution < 1.29 is 23.9 Å². The van der Waals surface area contributed by atoms with E-state index in [0.29, 0.717) is 10.8 Å². The summed E-state index contributed by atoms with van der Waals surface area (Å²) in [7, 11) is 1.16. The summed E-state index contributed by atoms with van der Waals surface area (Å²) in [5, 5.41) is 7.88. The predicted octanol–water partition coefficient (Wildman–Crippen LogP) is 4.95. The molecule has 1 aromatic heterocycles. The highest BCUT2D eigenvalue weighted by atomic mass is 79.9. The molecule has 0 radical (unpaired) electrons. The lowest BCUT2D eigenvalue weighted by atomic mass is 10.1. The Labute approximate surface area is 224 Å². The molecule has 0 atom stereocenters. The summed E-state index contributed by atoms with van der Waals surface area (Å²) >= 11 is 4.65. The van der Waals surface area contributed by atoms with Gasteiger partial charge in [-0.2, -0.15) is 0 Å². The molecule has 194 valence electrons. The second kappa shape index (κ2) is 16.5. The van der Waals surface area contributed by atoms with Crippen molar-refractivity contribution in [3.05, 3.63) is 65.5 Å². The first-order chi connectivity index (χ1) is 17.1. The van der Waals surface area contributed by atoms with E-state index in [0.717, 1.165) is 37.3 Å². The zero-order valence-electron chi connectivity index (χ0n) is 20.8. The Kier molecular flexibility index (Phi) is 14.2. The van der Waals surface area contributed by atoms with Crippen LogP contribution in [0, 0.1) is 0 Å². The molecule has 1 heterocycles. The van der Waals surface area contributed by atoms with Crippen LogP contribution in [-0.2, 0) is 25.5 Å². The van der Waals surface area contributed by atoms with Crippen LogP contribution >= 0.6 is 27.3 Å². The van der Waals surface area contributed by atoms with Gasteiger partial charge in [0, 0.05) is 22.7 Å². The number of nitrogens with zero attached hydrogens (tertiary/aromatic N) is 1. The van der Waals surface area contributed by atoms with Crippen LogP contribution in [0.3, 0.4) is 0 Å². The fourth-order valence-corrected chi connectivity index (χ4v) is 3.89. The summed E-state index contributed by atoms with van der Waals surface area (Å²) in [6.45, 7) is 10.6. The molecular formula is C26H32BrN3O5S. The molecule has 2 aromatic rings. The first-order valence-electron chi connectivity index (χ1n) is 11.3. The van der Waals surface area contributed by atoms with E-state index in [-0.39, 0.29) is 17.1 Å². The first kappa shape index (κ1) is 30.9. The molecule has 2 N–H and O–H groups in total. The lowest BCUT2D eigenvalue weighted by Crippen LogP contribution is -2.35. The van der Waals surface area contributed by atoms with Crippen molar-refractivity contribution in [2.75, 3.05) is 12.4 Å². The monoisotopic (exact) mass is 577 g/mol. The number of nitrogens with one attached hydrogen (secondary N) is 2. The second-order valence-electron chi connectivity index (χ2n) is 7.65. The number of thiazole rings is 1. The third-order valence-electron chi connectivity index (χ3n) is 4.74. The van der Waals surface area contributed by atoms with Crippen LogP contribution in [-0.4, -0.2) is 41.0 Å². The van der Waals surface area contributed by atoms with Gasteiger partial charge >= 0.3 is 5.97 Å². The number of hydrogen-bond donors (Lipinski definition) is 2. The van der Waals surface area contributed by atoms with Gasteiger partial charge in [-0.3, -0.25) is 9.59 Å². The second-order valence-corrected chi connectivity index (χ2v) is 9.30. The molecule has 8 nitrogen and oxygen atoms in total. The molecule has 0 saturated heterocycles. The Bertz CT molecular complexity index is 1080. The third kappa shape index (κ3) is 11.1. The fraction of sp³-hybridized carbons (Fsp3) is 0.346. The SMILES string of the molecule is C=C(NC(=O)c1csc(-c2ccc(CC)cc2)n1)C(=O)NC(=C)C(=O)OC.CC(=O)CCCCCBr. The number of halogens is 1. The molecule has 36 heavy (non-hydrogen) atoms. The van der Waals surface area contributed by atoms with Crippen LogP contribution in [0.5, 0.6) is 0 Å². The number of esters is 1. The van der Waals surface area contributed by atoms with Crippen molar-refractivity contribution in [3.63, 3.8) is 0 Å². The van der Waals surface area contributed by atoms with Crippen molar-refractivity contribution in [1.82, 2.24) is 15.6 Å². The molecule has 0 aliphatic heterocycles. The lowest BCUT2D eigenvalue weighted by molar-refractivity contribution is -0.137. The largest absolute Gasteiger partial charge is 0.464 e. The molecule has 0 saturated carbocycles. The predicted molar refractivity (Wildman–Crippen MR) is 146 cm³/mol. The Balaban J connectivity index is 0.000000613. The lowest BCUT2D eigenvalue weighted by Gasteiger charge is -2.09. The van der Waals surface area contributed by atoms with Crippen LogP contribution in [0.4, 0.5) is 0 Å². The highest BCUT2D eigenvalue weighted by Crippen LogP contribution is 2.24. The minimum absolute atomic E-state index is 0.162. The number of Topliss-reactive ketones (excluding diaryl/α,β-unsaturated/α-hetero) is 1. The number of aryl methyl sites for hydroxylation is 1. The number of aromatic nitrogens is 1. The maximum absolute atomic E-state index is 12.3. The number of unbranched alkanes of at least 4 members (excludes halogenated alkanes) is 2. The van der Waals surface area contributed by atoms with Gasteiger partial charge in [0.2, 0.25) is 0 Å². The summed E-state index contributed by atoms with van der Waals surface area (Å²) in [6.07, 6.45) is 5.12. The van der Waals surface area contributed by atoms with E-state index < -0.39 is 17.8 Å². The number of carbonyl (C=O) groups excluding carboxylic acids is 4.